The largest absolute Gasteiger partial charge is 0.496 e. The van der Waals surface area contributed by atoms with Crippen LogP contribution in [0.4, 0.5) is 0 Å². The Kier molecular flexibility index (Phi) is 17.5. The van der Waals surface area contributed by atoms with E-state index in [0.29, 0.717) is 19.5 Å². The summed E-state index contributed by atoms with van der Waals surface area (Å²) in [6.45, 7) is 3.41. The smallest absolute Gasteiger partial charge is 0.220 e. The first-order valence-corrected chi connectivity index (χ1v) is 13.0. The Morgan fingerprint density at radius 2 is 1.56 bits per heavy atom. The van der Waals surface area contributed by atoms with Crippen molar-refractivity contribution in [2.75, 3.05) is 13.7 Å². The van der Waals surface area contributed by atoms with Crippen LogP contribution in [0.3, 0.4) is 0 Å². The van der Waals surface area contributed by atoms with Crippen molar-refractivity contribution in [3.8, 4) is 5.75 Å². The maximum absolute atomic E-state index is 12.1. The van der Waals surface area contributed by atoms with Gasteiger partial charge in [-0.2, -0.15) is 0 Å². The van der Waals surface area contributed by atoms with Crippen LogP contribution in [-0.2, 0) is 17.8 Å². The summed E-state index contributed by atoms with van der Waals surface area (Å²) in [5, 5.41) is 3.02. The van der Waals surface area contributed by atoms with Gasteiger partial charge in [-0.15, -0.1) is 0 Å². The number of nitrogens with two attached hydrogens (primary N) is 1. The maximum atomic E-state index is 12.1. The zero-order valence-electron chi connectivity index (χ0n) is 20.8. The number of methoxy groups -OCH3 is 1. The molecule has 0 aliphatic carbocycles. The van der Waals surface area contributed by atoms with Crippen molar-refractivity contribution in [1.29, 1.82) is 0 Å². The van der Waals surface area contributed by atoms with Crippen LogP contribution in [-0.4, -0.2) is 19.6 Å². The molecular formula is C28H48N2O2. The summed E-state index contributed by atoms with van der Waals surface area (Å²) in [6.07, 6.45) is 22.7. The van der Waals surface area contributed by atoms with E-state index in [4.69, 9.17) is 10.5 Å². The first-order chi connectivity index (χ1) is 15.7. The molecule has 0 saturated carbocycles. The van der Waals surface area contributed by atoms with Crippen molar-refractivity contribution in [2.24, 2.45) is 5.73 Å². The van der Waals surface area contributed by atoms with Gasteiger partial charge in [-0.1, -0.05) is 82.6 Å². The SMILES string of the molecule is CCCCCCCC/C=C\CCCCCCCC(=O)NCc1ccc(CCN)c(OC)c1. The second-order valence-electron chi connectivity index (χ2n) is 8.80. The predicted octanol–water partition coefficient (Wildman–Crippen LogP) is 6.85. The number of benzene rings is 1. The van der Waals surface area contributed by atoms with E-state index in [9.17, 15) is 4.79 Å². The fourth-order valence-corrected chi connectivity index (χ4v) is 3.91. The van der Waals surface area contributed by atoms with E-state index in [-0.39, 0.29) is 5.91 Å². The molecule has 32 heavy (non-hydrogen) atoms. The van der Waals surface area contributed by atoms with Gasteiger partial charge in [-0.3, -0.25) is 4.79 Å². The summed E-state index contributed by atoms with van der Waals surface area (Å²) >= 11 is 0. The summed E-state index contributed by atoms with van der Waals surface area (Å²) < 4.78 is 5.43. The molecular weight excluding hydrogens is 396 g/mol. The Morgan fingerprint density at radius 3 is 2.19 bits per heavy atom. The molecule has 1 rings (SSSR count). The third-order valence-electron chi connectivity index (χ3n) is 5.92. The molecule has 0 aliphatic rings. The van der Waals surface area contributed by atoms with Crippen LogP contribution in [0.2, 0.25) is 0 Å². The van der Waals surface area contributed by atoms with Crippen molar-refractivity contribution in [3.05, 3.63) is 41.5 Å². The lowest BCUT2D eigenvalue weighted by atomic mass is 10.1. The van der Waals surface area contributed by atoms with Crippen molar-refractivity contribution in [3.63, 3.8) is 0 Å². The lowest BCUT2D eigenvalue weighted by Gasteiger charge is -2.11. The van der Waals surface area contributed by atoms with Gasteiger partial charge in [0.25, 0.3) is 0 Å². The standard InChI is InChI=1S/C28H48N2O2/c1-3-4-5-6-7-8-9-10-11-12-13-14-15-16-17-18-28(31)30-24-25-19-20-26(21-22-29)27(23-25)32-2/h10-11,19-20,23H,3-9,12-18,21-22,24,29H2,1-2H3,(H,30,31)/b11-10-. The highest BCUT2D eigenvalue weighted by atomic mass is 16.5. The second kappa shape index (κ2) is 19.8. The van der Waals surface area contributed by atoms with Gasteiger partial charge in [0, 0.05) is 13.0 Å². The van der Waals surface area contributed by atoms with E-state index in [1.165, 1.54) is 70.6 Å². The van der Waals surface area contributed by atoms with Gasteiger partial charge in [0.1, 0.15) is 5.75 Å². The van der Waals surface area contributed by atoms with Crippen LogP contribution in [0, 0.1) is 0 Å². The number of allylic oxidation sites excluding steroid dienone is 2. The molecule has 0 aliphatic heterocycles. The predicted molar refractivity (Wildman–Crippen MR) is 137 cm³/mol. The summed E-state index contributed by atoms with van der Waals surface area (Å²) in [4.78, 5) is 12.1. The van der Waals surface area contributed by atoms with Gasteiger partial charge in [0.2, 0.25) is 5.91 Å². The number of carbonyl (C=O) groups is 1. The summed E-state index contributed by atoms with van der Waals surface area (Å²) in [7, 11) is 1.67. The van der Waals surface area contributed by atoms with E-state index in [1.54, 1.807) is 7.11 Å². The number of carbonyl (C=O) groups excluding carboxylic acids is 1. The van der Waals surface area contributed by atoms with E-state index >= 15 is 0 Å². The summed E-state index contributed by atoms with van der Waals surface area (Å²) in [6, 6.07) is 6.07. The van der Waals surface area contributed by atoms with Gasteiger partial charge in [0.15, 0.2) is 0 Å². The lowest BCUT2D eigenvalue weighted by molar-refractivity contribution is -0.121. The second-order valence-corrected chi connectivity index (χ2v) is 8.80. The molecule has 0 aromatic heterocycles. The molecule has 182 valence electrons. The average Bonchev–Trinajstić information content (AvgIpc) is 2.81. The molecule has 0 radical (unpaired) electrons. The van der Waals surface area contributed by atoms with Gasteiger partial charge in [-0.25, -0.2) is 0 Å². The Bertz CT molecular complexity index is 628. The number of ether oxygens (including phenoxy) is 1. The van der Waals surface area contributed by atoms with E-state index < -0.39 is 0 Å². The zero-order valence-corrected chi connectivity index (χ0v) is 20.8. The van der Waals surface area contributed by atoms with E-state index in [1.807, 2.05) is 18.2 Å². The molecule has 0 unspecified atom stereocenters. The van der Waals surface area contributed by atoms with Gasteiger partial charge >= 0.3 is 0 Å². The molecule has 1 amide bonds. The number of nitrogens with one attached hydrogen (secondary N) is 1. The van der Waals surface area contributed by atoms with Gasteiger partial charge in [0.05, 0.1) is 7.11 Å². The van der Waals surface area contributed by atoms with Gasteiger partial charge < -0.3 is 15.8 Å². The monoisotopic (exact) mass is 444 g/mol. The fourth-order valence-electron chi connectivity index (χ4n) is 3.91. The van der Waals surface area contributed by atoms with Crippen LogP contribution in [0.5, 0.6) is 5.75 Å². The molecule has 0 bridgehead atoms. The van der Waals surface area contributed by atoms with E-state index in [2.05, 4.69) is 24.4 Å². The first-order valence-electron chi connectivity index (χ1n) is 13.0. The van der Waals surface area contributed by atoms with Crippen LogP contribution >= 0.6 is 0 Å². The maximum Gasteiger partial charge on any atom is 0.220 e. The molecule has 4 nitrogen and oxygen atoms in total. The number of amides is 1. The molecule has 3 N–H and O–H groups in total. The molecule has 1 aromatic rings. The molecule has 0 heterocycles. The summed E-state index contributed by atoms with van der Waals surface area (Å²) in [5.41, 5.74) is 7.80. The van der Waals surface area contributed by atoms with Crippen molar-refractivity contribution in [2.45, 2.75) is 110 Å². The molecule has 0 spiro atoms. The molecule has 1 aromatic carbocycles. The minimum absolute atomic E-state index is 0.132. The lowest BCUT2D eigenvalue weighted by Crippen LogP contribution is -2.22. The minimum Gasteiger partial charge on any atom is -0.496 e. The van der Waals surface area contributed by atoms with Crippen LogP contribution in [0.15, 0.2) is 30.4 Å². The number of rotatable bonds is 20. The quantitative estimate of drug-likeness (QED) is 0.171. The third-order valence-corrected chi connectivity index (χ3v) is 5.92. The summed E-state index contributed by atoms with van der Waals surface area (Å²) in [5.74, 6) is 0.979. The number of hydrogen-bond acceptors (Lipinski definition) is 3. The van der Waals surface area contributed by atoms with Crippen LogP contribution < -0.4 is 15.8 Å². The van der Waals surface area contributed by atoms with Gasteiger partial charge in [-0.05, 0) is 62.3 Å². The normalized spacial score (nSPS) is 11.2. The molecule has 0 saturated heterocycles. The first kappa shape index (κ1) is 28.2. The topological polar surface area (TPSA) is 64.4 Å². The average molecular weight is 445 g/mol. The van der Waals surface area contributed by atoms with Crippen LogP contribution in [0.25, 0.3) is 0 Å². The van der Waals surface area contributed by atoms with Crippen molar-refractivity contribution in [1.82, 2.24) is 5.32 Å². The Labute approximate surface area is 197 Å². The Morgan fingerprint density at radius 1 is 0.938 bits per heavy atom. The number of unbranched alkanes of at least 4 members (excludes halogenated alkanes) is 11. The molecule has 4 heteroatoms. The highest BCUT2D eigenvalue weighted by molar-refractivity contribution is 5.75. The highest BCUT2D eigenvalue weighted by Crippen LogP contribution is 2.20. The van der Waals surface area contributed by atoms with Crippen LogP contribution in [0.1, 0.15) is 108 Å². The Hall–Kier alpha value is -1.81. The third kappa shape index (κ3) is 14.3. The zero-order chi connectivity index (χ0) is 23.3. The fraction of sp³-hybridized carbons (Fsp3) is 0.679. The Balaban J connectivity index is 1.99. The van der Waals surface area contributed by atoms with Crippen molar-refractivity contribution >= 4 is 5.91 Å². The molecule has 0 fully saturated rings. The van der Waals surface area contributed by atoms with E-state index in [0.717, 1.165) is 36.1 Å². The van der Waals surface area contributed by atoms with Crippen molar-refractivity contribution < 1.29 is 9.53 Å². The minimum atomic E-state index is 0.132. The highest BCUT2D eigenvalue weighted by Gasteiger charge is 2.06. The molecule has 0 atom stereocenters. The number of hydrogen-bond donors (Lipinski definition) is 2.